The summed E-state index contributed by atoms with van der Waals surface area (Å²) in [5.41, 5.74) is 0. The molecule has 1 heteroatoms. The van der Waals surface area contributed by atoms with Crippen molar-refractivity contribution in [3.05, 3.63) is 103 Å². The van der Waals surface area contributed by atoms with Gasteiger partial charge in [0.25, 0.3) is 0 Å². The lowest BCUT2D eigenvalue weighted by Crippen LogP contribution is -2.00. The molecule has 0 radical (unpaired) electrons. The van der Waals surface area contributed by atoms with E-state index in [2.05, 4.69) is 103 Å². The van der Waals surface area contributed by atoms with Crippen molar-refractivity contribution < 1.29 is 0 Å². The molecule has 21 heavy (non-hydrogen) atoms. The van der Waals surface area contributed by atoms with E-state index < -0.39 is 10.0 Å². The number of rotatable bonds is 4. The third-order valence-electron chi connectivity index (χ3n) is 3.59. The Morgan fingerprint density at radius 3 is 1.05 bits per heavy atom. The molecule has 0 unspecified atom stereocenters. The molecule has 0 atom stereocenters. The van der Waals surface area contributed by atoms with E-state index >= 15 is 0 Å². The van der Waals surface area contributed by atoms with Crippen LogP contribution in [0.4, 0.5) is 0 Å². The summed E-state index contributed by atoms with van der Waals surface area (Å²) in [5.74, 6) is 0. The van der Waals surface area contributed by atoms with Crippen LogP contribution in [0.5, 0.6) is 0 Å². The van der Waals surface area contributed by atoms with Crippen LogP contribution < -0.4 is 0 Å². The molecule has 0 saturated heterocycles. The van der Waals surface area contributed by atoms with Crippen LogP contribution in [0.1, 0.15) is 0 Å². The molecule has 0 aliphatic carbocycles. The lowest BCUT2D eigenvalue weighted by Gasteiger charge is -2.38. The molecule has 0 amide bonds. The fourth-order valence-corrected chi connectivity index (χ4v) is 5.76. The van der Waals surface area contributed by atoms with Gasteiger partial charge in [0.2, 0.25) is 0 Å². The van der Waals surface area contributed by atoms with E-state index in [-0.39, 0.29) is 0 Å². The molecule has 0 aliphatic heterocycles. The number of hydrogen-bond donors (Lipinski definition) is 0. The molecule has 0 heterocycles. The summed E-state index contributed by atoms with van der Waals surface area (Å²) in [5, 5.41) is 2.13. The van der Waals surface area contributed by atoms with Crippen molar-refractivity contribution in [1.82, 2.24) is 0 Å². The van der Waals surface area contributed by atoms with E-state index in [1.165, 1.54) is 14.7 Å². The topological polar surface area (TPSA) is 0 Å². The number of benzene rings is 3. The zero-order chi connectivity index (χ0) is 14.5. The molecule has 0 aliphatic rings. The van der Waals surface area contributed by atoms with E-state index in [0.29, 0.717) is 0 Å². The van der Waals surface area contributed by atoms with Gasteiger partial charge in [-0.3, -0.25) is 0 Å². The van der Waals surface area contributed by atoms with Crippen LogP contribution in [-0.4, -0.2) is 0 Å². The zero-order valence-corrected chi connectivity index (χ0v) is 12.7. The van der Waals surface area contributed by atoms with E-state index in [0.717, 1.165) is 0 Å². The maximum Gasteiger partial charge on any atom is 0.00172 e. The maximum absolute atomic E-state index is 4.20. The minimum Gasteiger partial charge on any atom is -0.140 e. The Balaban J connectivity index is 2.31. The second-order valence-corrected chi connectivity index (χ2v) is 7.83. The highest BCUT2D eigenvalue weighted by Gasteiger charge is 2.27. The molecule has 0 fully saturated rings. The third kappa shape index (κ3) is 2.41. The Hall–Kier alpha value is -2.25. The predicted octanol–water partition coefficient (Wildman–Crippen LogP) is 6.11. The van der Waals surface area contributed by atoms with Gasteiger partial charge >= 0.3 is 0 Å². The first-order valence-electron chi connectivity index (χ1n) is 6.99. The van der Waals surface area contributed by atoms with Gasteiger partial charge in [0.05, 0.1) is 0 Å². The molecule has 0 nitrogen and oxygen atoms in total. The Morgan fingerprint density at radius 1 is 0.524 bits per heavy atom. The van der Waals surface area contributed by atoms with E-state index in [1.54, 1.807) is 0 Å². The minimum atomic E-state index is -1.41. The van der Waals surface area contributed by atoms with Gasteiger partial charge in [0.1, 0.15) is 0 Å². The SMILES string of the molecule is C=CS(c1ccccc1)(c1ccccc1)c1ccccc1. The molecule has 0 bridgehead atoms. The predicted molar refractivity (Wildman–Crippen MR) is 91.9 cm³/mol. The van der Waals surface area contributed by atoms with Crippen molar-refractivity contribution in [2.75, 3.05) is 0 Å². The fraction of sp³-hybridized carbons (Fsp3) is 0. The monoisotopic (exact) mass is 290 g/mol. The second-order valence-electron chi connectivity index (χ2n) is 4.77. The van der Waals surface area contributed by atoms with Gasteiger partial charge in [-0.25, -0.2) is 0 Å². The molecule has 3 aromatic carbocycles. The molecule has 0 aromatic heterocycles. The Kier molecular flexibility index (Phi) is 3.94. The summed E-state index contributed by atoms with van der Waals surface area (Å²) in [4.78, 5) is 3.95. The lowest BCUT2D eigenvalue weighted by atomic mass is 10.4. The van der Waals surface area contributed by atoms with E-state index in [1.807, 2.05) is 0 Å². The quantitative estimate of drug-likeness (QED) is 0.543. The molecule has 0 saturated carbocycles. The first kappa shape index (κ1) is 13.7. The third-order valence-corrected chi connectivity index (χ3v) is 7.14. The van der Waals surface area contributed by atoms with Gasteiger partial charge < -0.3 is 0 Å². The highest BCUT2D eigenvalue weighted by Crippen LogP contribution is 2.68. The first-order valence-corrected chi connectivity index (χ1v) is 8.68. The van der Waals surface area contributed by atoms with Gasteiger partial charge in [-0.05, 0) is 41.8 Å². The van der Waals surface area contributed by atoms with Crippen LogP contribution in [-0.2, 0) is 0 Å². The van der Waals surface area contributed by atoms with Crippen molar-refractivity contribution in [3.63, 3.8) is 0 Å². The Labute approximate surface area is 128 Å². The van der Waals surface area contributed by atoms with Crippen molar-refractivity contribution in [3.8, 4) is 0 Å². The van der Waals surface area contributed by atoms with Crippen molar-refractivity contribution in [2.24, 2.45) is 0 Å². The molecule has 3 aromatic rings. The average Bonchev–Trinajstić information content (AvgIpc) is 2.59. The Morgan fingerprint density at radius 2 is 0.810 bits per heavy atom. The van der Waals surface area contributed by atoms with Crippen LogP contribution in [0, 0.1) is 0 Å². The second kappa shape index (κ2) is 6.02. The highest BCUT2D eigenvalue weighted by atomic mass is 32.3. The summed E-state index contributed by atoms with van der Waals surface area (Å²) in [6, 6.07) is 32.0. The normalized spacial score (nSPS) is 11.8. The molecule has 0 N–H and O–H groups in total. The minimum absolute atomic E-state index is 1.32. The summed E-state index contributed by atoms with van der Waals surface area (Å²) in [6.07, 6.45) is 0. The molecular formula is C20H18S. The van der Waals surface area contributed by atoms with Crippen LogP contribution >= 0.6 is 10.0 Å². The van der Waals surface area contributed by atoms with Crippen molar-refractivity contribution >= 4 is 10.0 Å². The highest BCUT2D eigenvalue weighted by molar-refractivity contribution is 8.36. The largest absolute Gasteiger partial charge is 0.140 e. The molecule has 104 valence electrons. The summed E-state index contributed by atoms with van der Waals surface area (Å²) in [7, 11) is -1.41. The van der Waals surface area contributed by atoms with Crippen LogP contribution in [0.15, 0.2) is 118 Å². The number of hydrogen-bond acceptors (Lipinski definition) is 0. The van der Waals surface area contributed by atoms with Crippen molar-refractivity contribution in [2.45, 2.75) is 14.7 Å². The van der Waals surface area contributed by atoms with Crippen LogP contribution in [0.25, 0.3) is 0 Å². The van der Waals surface area contributed by atoms with Gasteiger partial charge in [0, 0.05) is 14.7 Å². The van der Waals surface area contributed by atoms with Gasteiger partial charge in [0.15, 0.2) is 0 Å². The van der Waals surface area contributed by atoms with Crippen LogP contribution in [0.3, 0.4) is 0 Å². The molecule has 0 spiro atoms. The summed E-state index contributed by atoms with van der Waals surface area (Å²) in [6.45, 7) is 4.20. The lowest BCUT2D eigenvalue weighted by molar-refractivity contribution is 1.31. The van der Waals surface area contributed by atoms with E-state index in [4.69, 9.17) is 0 Å². The summed E-state index contributed by atoms with van der Waals surface area (Å²) >= 11 is 0. The van der Waals surface area contributed by atoms with E-state index in [9.17, 15) is 0 Å². The standard InChI is InChI=1S/C20H18S/c1-2-21(18-12-6-3-7-13-18,19-14-8-4-9-15-19)20-16-10-5-11-17-20/h2-17H,1H2. The fourth-order valence-electron chi connectivity index (χ4n) is 2.60. The first-order chi connectivity index (χ1) is 10.4. The average molecular weight is 290 g/mol. The smallest absolute Gasteiger partial charge is 0.00172 e. The molecule has 3 rings (SSSR count). The van der Waals surface area contributed by atoms with Gasteiger partial charge in [-0.1, -0.05) is 61.2 Å². The zero-order valence-electron chi connectivity index (χ0n) is 11.9. The Bertz CT molecular complexity index is 606. The van der Waals surface area contributed by atoms with Gasteiger partial charge in [-0.15, -0.1) is 10.0 Å². The maximum atomic E-state index is 4.20. The molecular weight excluding hydrogens is 272 g/mol. The van der Waals surface area contributed by atoms with Crippen LogP contribution in [0.2, 0.25) is 0 Å². The van der Waals surface area contributed by atoms with Crippen molar-refractivity contribution in [1.29, 1.82) is 0 Å². The van der Waals surface area contributed by atoms with Gasteiger partial charge in [-0.2, -0.15) is 0 Å². The summed E-state index contributed by atoms with van der Waals surface area (Å²) < 4.78 is 0.